The molecule has 1 N–H and O–H groups in total. The smallest absolute Gasteiger partial charge is 0.356 e. The first kappa shape index (κ1) is 9.67. The molecule has 0 aliphatic carbocycles. The molecule has 0 aliphatic rings. The third-order valence-corrected chi connectivity index (χ3v) is 1.95. The van der Waals surface area contributed by atoms with Gasteiger partial charge in [-0.25, -0.2) is 14.5 Å². The van der Waals surface area contributed by atoms with Gasteiger partial charge in [-0.3, -0.25) is 0 Å². The van der Waals surface area contributed by atoms with Gasteiger partial charge < -0.3 is 5.11 Å². The van der Waals surface area contributed by atoms with E-state index in [1.807, 2.05) is 0 Å². The zero-order valence-electron chi connectivity index (χ0n) is 7.46. The second kappa shape index (κ2) is 3.70. The van der Waals surface area contributed by atoms with E-state index in [1.165, 1.54) is 16.9 Å². The molecular formula is C9H6ClN3O2. The van der Waals surface area contributed by atoms with Gasteiger partial charge in [-0.1, -0.05) is 17.7 Å². The fraction of sp³-hybridized carbons (Fsp3) is 0. The van der Waals surface area contributed by atoms with Crippen LogP contribution in [0.5, 0.6) is 0 Å². The minimum absolute atomic E-state index is 0.0308. The van der Waals surface area contributed by atoms with Crippen molar-refractivity contribution in [2.24, 2.45) is 0 Å². The third-order valence-electron chi connectivity index (χ3n) is 1.74. The second-order valence-electron chi connectivity index (χ2n) is 2.77. The Kier molecular flexibility index (Phi) is 2.39. The Labute approximate surface area is 89.9 Å². The van der Waals surface area contributed by atoms with Gasteiger partial charge in [-0.05, 0) is 18.2 Å². The highest BCUT2D eigenvalue weighted by atomic mass is 35.5. The van der Waals surface area contributed by atoms with Gasteiger partial charge in [0.25, 0.3) is 0 Å². The molecule has 2 rings (SSSR count). The van der Waals surface area contributed by atoms with Crippen LogP contribution in [0.3, 0.4) is 0 Å². The molecule has 0 amide bonds. The normalized spacial score (nSPS) is 10.2. The van der Waals surface area contributed by atoms with Crippen LogP contribution in [0, 0.1) is 0 Å². The average Bonchev–Trinajstić information content (AvgIpc) is 2.66. The van der Waals surface area contributed by atoms with Gasteiger partial charge in [0.2, 0.25) is 0 Å². The van der Waals surface area contributed by atoms with Gasteiger partial charge in [0, 0.05) is 6.20 Å². The molecule has 76 valence electrons. The van der Waals surface area contributed by atoms with Crippen molar-refractivity contribution in [2.75, 3.05) is 0 Å². The van der Waals surface area contributed by atoms with E-state index in [4.69, 9.17) is 16.7 Å². The largest absolute Gasteiger partial charge is 0.476 e. The molecule has 0 fully saturated rings. The summed E-state index contributed by atoms with van der Waals surface area (Å²) in [7, 11) is 0. The van der Waals surface area contributed by atoms with E-state index in [9.17, 15) is 4.79 Å². The molecule has 5 nitrogen and oxygen atoms in total. The van der Waals surface area contributed by atoms with Crippen LogP contribution < -0.4 is 0 Å². The summed E-state index contributed by atoms with van der Waals surface area (Å²) in [6.07, 6.45) is 1.52. The Morgan fingerprint density at radius 1 is 1.40 bits per heavy atom. The molecule has 0 saturated carbocycles. The lowest BCUT2D eigenvalue weighted by molar-refractivity contribution is 0.0690. The van der Waals surface area contributed by atoms with Crippen LogP contribution >= 0.6 is 11.6 Å². The second-order valence-corrected chi connectivity index (χ2v) is 3.16. The van der Waals surface area contributed by atoms with Crippen molar-refractivity contribution in [3.8, 4) is 5.82 Å². The van der Waals surface area contributed by atoms with Crippen molar-refractivity contribution in [3.05, 3.63) is 41.3 Å². The lowest BCUT2D eigenvalue weighted by atomic mass is 10.4. The summed E-state index contributed by atoms with van der Waals surface area (Å²) in [5.74, 6) is -0.592. The van der Waals surface area contributed by atoms with E-state index in [1.54, 1.807) is 18.2 Å². The number of halogens is 1. The highest BCUT2D eigenvalue weighted by molar-refractivity contribution is 6.29. The zero-order chi connectivity index (χ0) is 10.8. The molecule has 0 spiro atoms. The first-order valence-electron chi connectivity index (χ1n) is 4.09. The number of hydrogen-bond donors (Lipinski definition) is 1. The monoisotopic (exact) mass is 223 g/mol. The number of carboxylic acid groups (broad SMARTS) is 1. The molecule has 0 unspecified atom stereocenters. The SMILES string of the molecule is O=C(O)c1ccn(-c2cccc(Cl)n2)n1. The number of carbonyl (C=O) groups is 1. The van der Waals surface area contributed by atoms with E-state index in [2.05, 4.69) is 10.1 Å². The third kappa shape index (κ3) is 1.97. The van der Waals surface area contributed by atoms with Crippen molar-refractivity contribution >= 4 is 17.6 Å². The molecule has 0 aromatic carbocycles. The zero-order valence-corrected chi connectivity index (χ0v) is 8.22. The molecule has 0 radical (unpaired) electrons. The number of carboxylic acids is 1. The fourth-order valence-corrected chi connectivity index (χ4v) is 1.25. The molecule has 2 aromatic rings. The summed E-state index contributed by atoms with van der Waals surface area (Å²) < 4.78 is 1.36. The van der Waals surface area contributed by atoms with E-state index < -0.39 is 5.97 Å². The lowest BCUT2D eigenvalue weighted by Crippen LogP contribution is -2.02. The summed E-state index contributed by atoms with van der Waals surface area (Å²) in [5, 5.41) is 12.8. The van der Waals surface area contributed by atoms with Gasteiger partial charge in [-0.2, -0.15) is 5.10 Å². The van der Waals surface area contributed by atoms with Crippen LogP contribution in [0.25, 0.3) is 5.82 Å². The Morgan fingerprint density at radius 2 is 2.20 bits per heavy atom. The summed E-state index contributed by atoms with van der Waals surface area (Å²) in [5.41, 5.74) is -0.0308. The Bertz CT molecular complexity index is 510. The fourth-order valence-electron chi connectivity index (χ4n) is 1.09. The highest BCUT2D eigenvalue weighted by Crippen LogP contribution is 2.09. The first-order chi connectivity index (χ1) is 7.16. The summed E-state index contributed by atoms with van der Waals surface area (Å²) in [6.45, 7) is 0. The molecular weight excluding hydrogens is 218 g/mol. The number of pyridine rings is 1. The van der Waals surface area contributed by atoms with Crippen molar-refractivity contribution in [3.63, 3.8) is 0 Å². The summed E-state index contributed by atoms with van der Waals surface area (Å²) in [4.78, 5) is 14.6. The topological polar surface area (TPSA) is 68.0 Å². The standard InChI is InChI=1S/C9H6ClN3O2/c10-7-2-1-3-8(11-7)13-5-4-6(12-13)9(14)15/h1-5H,(H,14,15). The minimum atomic E-state index is -1.07. The number of hydrogen-bond acceptors (Lipinski definition) is 3. The summed E-state index contributed by atoms with van der Waals surface area (Å²) >= 11 is 5.70. The van der Waals surface area contributed by atoms with Crippen LogP contribution in [-0.2, 0) is 0 Å². The molecule has 15 heavy (non-hydrogen) atoms. The van der Waals surface area contributed by atoms with Gasteiger partial charge >= 0.3 is 5.97 Å². The van der Waals surface area contributed by atoms with Gasteiger partial charge in [0.05, 0.1) is 0 Å². The molecule has 0 bridgehead atoms. The van der Waals surface area contributed by atoms with Crippen LogP contribution in [0.2, 0.25) is 5.15 Å². The maximum atomic E-state index is 10.6. The average molecular weight is 224 g/mol. The Balaban J connectivity index is 2.41. The number of aromatic nitrogens is 3. The quantitative estimate of drug-likeness (QED) is 0.786. The number of rotatable bonds is 2. The molecule has 2 aromatic heterocycles. The van der Waals surface area contributed by atoms with Crippen molar-refractivity contribution < 1.29 is 9.90 Å². The van der Waals surface area contributed by atoms with Crippen LogP contribution in [0.1, 0.15) is 10.5 Å². The number of aromatic carboxylic acids is 1. The van der Waals surface area contributed by atoms with Crippen LogP contribution in [0.4, 0.5) is 0 Å². The van der Waals surface area contributed by atoms with Crippen molar-refractivity contribution in [1.82, 2.24) is 14.8 Å². The highest BCUT2D eigenvalue weighted by Gasteiger charge is 2.08. The maximum Gasteiger partial charge on any atom is 0.356 e. The van der Waals surface area contributed by atoms with Crippen LogP contribution in [-0.4, -0.2) is 25.8 Å². The van der Waals surface area contributed by atoms with E-state index >= 15 is 0 Å². The van der Waals surface area contributed by atoms with E-state index in [-0.39, 0.29) is 5.69 Å². The molecule has 0 atom stereocenters. The van der Waals surface area contributed by atoms with Gasteiger partial charge in [-0.15, -0.1) is 0 Å². The molecule has 2 heterocycles. The summed E-state index contributed by atoms with van der Waals surface area (Å²) in [6, 6.07) is 6.43. The predicted octanol–water partition coefficient (Wildman–Crippen LogP) is 1.62. The Hall–Kier alpha value is -1.88. The molecule has 6 heteroatoms. The Morgan fingerprint density at radius 3 is 2.80 bits per heavy atom. The molecule has 0 saturated heterocycles. The van der Waals surface area contributed by atoms with E-state index in [0.717, 1.165) is 0 Å². The van der Waals surface area contributed by atoms with Crippen LogP contribution in [0.15, 0.2) is 30.5 Å². The first-order valence-corrected chi connectivity index (χ1v) is 4.46. The van der Waals surface area contributed by atoms with E-state index in [0.29, 0.717) is 11.0 Å². The van der Waals surface area contributed by atoms with Crippen molar-refractivity contribution in [2.45, 2.75) is 0 Å². The number of nitrogens with zero attached hydrogens (tertiary/aromatic N) is 3. The maximum absolute atomic E-state index is 10.6. The predicted molar refractivity (Wildman–Crippen MR) is 53.3 cm³/mol. The van der Waals surface area contributed by atoms with Gasteiger partial charge in [0.15, 0.2) is 11.5 Å². The van der Waals surface area contributed by atoms with Crippen molar-refractivity contribution in [1.29, 1.82) is 0 Å². The molecule has 0 aliphatic heterocycles. The van der Waals surface area contributed by atoms with Gasteiger partial charge in [0.1, 0.15) is 5.15 Å². The lowest BCUT2D eigenvalue weighted by Gasteiger charge is -1.99. The minimum Gasteiger partial charge on any atom is -0.476 e.